The Balaban J connectivity index is 1.95. The summed E-state index contributed by atoms with van der Waals surface area (Å²) in [6.07, 6.45) is -0.278. The Kier molecular flexibility index (Phi) is 5.75. The fourth-order valence-corrected chi connectivity index (χ4v) is 3.10. The van der Waals surface area contributed by atoms with Gasteiger partial charge in [-0.1, -0.05) is 0 Å². The van der Waals surface area contributed by atoms with Gasteiger partial charge in [0.25, 0.3) is 0 Å². The zero-order valence-electron chi connectivity index (χ0n) is 15.8. The van der Waals surface area contributed by atoms with Gasteiger partial charge < -0.3 is 19.9 Å². The van der Waals surface area contributed by atoms with E-state index in [0.717, 1.165) is 6.54 Å². The monoisotopic (exact) mass is 340 g/mol. The number of hydrogen-bond acceptors (Lipinski definition) is 5. The lowest BCUT2D eigenvalue weighted by molar-refractivity contribution is -0.137. The van der Waals surface area contributed by atoms with Crippen LogP contribution in [-0.2, 0) is 9.53 Å². The summed E-state index contributed by atoms with van der Waals surface area (Å²) >= 11 is 0. The summed E-state index contributed by atoms with van der Waals surface area (Å²) in [5.74, 6) is 0.153. The van der Waals surface area contributed by atoms with Crippen molar-refractivity contribution in [3.05, 3.63) is 0 Å². The van der Waals surface area contributed by atoms with Gasteiger partial charge in [-0.25, -0.2) is 4.79 Å². The lowest BCUT2D eigenvalue weighted by Gasteiger charge is -2.43. The number of likely N-dealkylation sites (N-methyl/N-ethyl adjacent to an activating group) is 1. The molecular formula is C17H32N4O3. The molecule has 2 amide bonds. The highest BCUT2D eigenvalue weighted by Gasteiger charge is 2.34. The van der Waals surface area contributed by atoms with E-state index in [-0.39, 0.29) is 24.1 Å². The van der Waals surface area contributed by atoms with Crippen molar-refractivity contribution in [2.45, 2.75) is 58.3 Å². The minimum absolute atomic E-state index is 0.0771. The molecule has 138 valence electrons. The van der Waals surface area contributed by atoms with Crippen LogP contribution >= 0.6 is 0 Å². The number of carbonyl (C=O) groups excluding carboxylic acids is 2. The zero-order valence-corrected chi connectivity index (χ0v) is 15.8. The molecule has 2 heterocycles. The molecule has 24 heavy (non-hydrogen) atoms. The van der Waals surface area contributed by atoms with E-state index in [0.29, 0.717) is 32.2 Å². The topological polar surface area (TPSA) is 65.1 Å². The molecule has 1 unspecified atom stereocenters. The number of nitrogens with zero attached hydrogens (tertiary/aromatic N) is 3. The van der Waals surface area contributed by atoms with E-state index in [9.17, 15) is 9.59 Å². The first-order chi connectivity index (χ1) is 11.1. The molecule has 2 fully saturated rings. The minimum atomic E-state index is -0.500. The average Bonchev–Trinajstić information content (AvgIpc) is 2.44. The number of rotatable bonds is 2. The first-order valence-electron chi connectivity index (χ1n) is 8.78. The normalized spacial score (nSPS) is 29.8. The van der Waals surface area contributed by atoms with Gasteiger partial charge in [0.2, 0.25) is 5.91 Å². The minimum Gasteiger partial charge on any atom is -0.444 e. The van der Waals surface area contributed by atoms with Crippen LogP contribution < -0.4 is 5.32 Å². The Bertz CT molecular complexity index is 477. The molecule has 0 saturated carbocycles. The molecule has 0 aromatic rings. The molecule has 7 nitrogen and oxygen atoms in total. The summed E-state index contributed by atoms with van der Waals surface area (Å²) in [5.41, 5.74) is -0.500. The van der Waals surface area contributed by atoms with Crippen LogP contribution in [-0.4, -0.2) is 90.2 Å². The smallest absolute Gasteiger partial charge is 0.410 e. The van der Waals surface area contributed by atoms with Crippen molar-refractivity contribution in [3.63, 3.8) is 0 Å². The van der Waals surface area contributed by atoms with Crippen LogP contribution in [0.3, 0.4) is 0 Å². The van der Waals surface area contributed by atoms with Crippen molar-refractivity contribution in [1.82, 2.24) is 20.0 Å². The Morgan fingerprint density at radius 1 is 1.25 bits per heavy atom. The summed E-state index contributed by atoms with van der Waals surface area (Å²) in [6.45, 7) is 12.8. The molecule has 0 spiro atoms. The molecule has 0 bridgehead atoms. The molecule has 0 radical (unpaired) electrons. The third-order valence-electron chi connectivity index (χ3n) is 4.69. The maximum atomic E-state index is 12.4. The van der Waals surface area contributed by atoms with Gasteiger partial charge in [0.05, 0.1) is 6.54 Å². The molecule has 3 atom stereocenters. The standard InChI is InChI=1S/C17H32N4O3/c1-12-7-18-14(10-21(12)16(23)24-17(3,4)5)9-20-8-13(2)19(6)11-15(20)22/h12-14,18H,7-11H2,1-6H3/t12-,13?,14+/m1/s1. The van der Waals surface area contributed by atoms with E-state index < -0.39 is 5.60 Å². The number of hydrogen-bond donors (Lipinski definition) is 1. The van der Waals surface area contributed by atoms with Gasteiger partial charge >= 0.3 is 6.09 Å². The number of carbonyl (C=O) groups is 2. The van der Waals surface area contributed by atoms with Crippen LogP contribution in [0, 0.1) is 0 Å². The maximum Gasteiger partial charge on any atom is 0.410 e. The van der Waals surface area contributed by atoms with Crippen LogP contribution in [0.5, 0.6) is 0 Å². The van der Waals surface area contributed by atoms with Gasteiger partial charge in [0.1, 0.15) is 5.60 Å². The molecular weight excluding hydrogens is 308 g/mol. The predicted molar refractivity (Wildman–Crippen MR) is 92.9 cm³/mol. The third kappa shape index (κ3) is 4.83. The van der Waals surface area contributed by atoms with Crippen LogP contribution in [0.25, 0.3) is 0 Å². The molecule has 0 aromatic heterocycles. The molecule has 2 rings (SSSR count). The number of amides is 2. The Labute approximate surface area is 145 Å². The van der Waals surface area contributed by atoms with Crippen molar-refractivity contribution >= 4 is 12.0 Å². The molecule has 7 heteroatoms. The second-order valence-corrected chi connectivity index (χ2v) is 8.15. The first kappa shape index (κ1) is 19.0. The average molecular weight is 340 g/mol. The van der Waals surface area contributed by atoms with Crippen LogP contribution in [0.1, 0.15) is 34.6 Å². The van der Waals surface area contributed by atoms with Gasteiger partial charge in [-0.15, -0.1) is 0 Å². The van der Waals surface area contributed by atoms with Gasteiger partial charge in [0, 0.05) is 44.3 Å². The molecule has 0 aromatic carbocycles. The fraction of sp³-hybridized carbons (Fsp3) is 0.882. The third-order valence-corrected chi connectivity index (χ3v) is 4.69. The fourth-order valence-electron chi connectivity index (χ4n) is 3.10. The Morgan fingerprint density at radius 2 is 1.92 bits per heavy atom. The van der Waals surface area contributed by atoms with Crippen LogP contribution in [0.2, 0.25) is 0 Å². The van der Waals surface area contributed by atoms with Crippen LogP contribution in [0.15, 0.2) is 0 Å². The van der Waals surface area contributed by atoms with Gasteiger partial charge in [-0.05, 0) is 41.7 Å². The highest BCUT2D eigenvalue weighted by molar-refractivity contribution is 5.79. The van der Waals surface area contributed by atoms with E-state index in [1.165, 1.54) is 0 Å². The summed E-state index contributed by atoms with van der Waals surface area (Å²) in [7, 11) is 1.98. The van der Waals surface area contributed by atoms with Gasteiger partial charge in [0.15, 0.2) is 0 Å². The van der Waals surface area contributed by atoms with Crippen molar-refractivity contribution in [2.24, 2.45) is 0 Å². The molecule has 1 N–H and O–H groups in total. The zero-order chi connectivity index (χ0) is 18.1. The summed E-state index contributed by atoms with van der Waals surface area (Å²) < 4.78 is 5.51. The van der Waals surface area contributed by atoms with Gasteiger partial charge in [-0.2, -0.15) is 0 Å². The quantitative estimate of drug-likeness (QED) is 0.803. The Hall–Kier alpha value is -1.34. The second kappa shape index (κ2) is 7.27. The number of piperazine rings is 2. The molecule has 2 aliphatic rings. The van der Waals surface area contributed by atoms with Gasteiger partial charge in [-0.3, -0.25) is 9.69 Å². The second-order valence-electron chi connectivity index (χ2n) is 8.15. The van der Waals surface area contributed by atoms with Crippen molar-refractivity contribution in [3.8, 4) is 0 Å². The van der Waals surface area contributed by atoms with Crippen molar-refractivity contribution in [2.75, 3.05) is 39.8 Å². The van der Waals surface area contributed by atoms with Crippen LogP contribution in [0.4, 0.5) is 4.79 Å². The predicted octanol–water partition coefficient (Wildman–Crippen LogP) is 0.746. The summed E-state index contributed by atoms with van der Waals surface area (Å²) in [5, 5.41) is 3.45. The summed E-state index contributed by atoms with van der Waals surface area (Å²) in [6, 6.07) is 0.513. The van der Waals surface area contributed by atoms with E-state index in [1.807, 2.05) is 39.6 Å². The first-order valence-corrected chi connectivity index (χ1v) is 8.78. The summed E-state index contributed by atoms with van der Waals surface area (Å²) in [4.78, 5) is 30.4. The SMILES string of the molecule is CC1CN(C[C@H]2CN(C(=O)OC(C)(C)C)[C@H](C)CN2)C(=O)CN1C. The highest BCUT2D eigenvalue weighted by Crippen LogP contribution is 2.16. The van der Waals surface area contributed by atoms with E-state index in [2.05, 4.69) is 17.1 Å². The largest absolute Gasteiger partial charge is 0.444 e. The highest BCUT2D eigenvalue weighted by atomic mass is 16.6. The Morgan fingerprint density at radius 3 is 2.54 bits per heavy atom. The maximum absolute atomic E-state index is 12.4. The van der Waals surface area contributed by atoms with E-state index in [4.69, 9.17) is 4.74 Å². The van der Waals surface area contributed by atoms with E-state index >= 15 is 0 Å². The molecule has 2 saturated heterocycles. The lowest BCUT2D eigenvalue weighted by atomic mass is 10.1. The van der Waals surface area contributed by atoms with E-state index in [1.54, 1.807) is 4.90 Å². The number of nitrogens with one attached hydrogen (secondary N) is 1. The lowest BCUT2D eigenvalue weighted by Crippen LogP contribution is -2.63. The van der Waals surface area contributed by atoms with Crippen molar-refractivity contribution in [1.29, 1.82) is 0 Å². The molecule has 2 aliphatic heterocycles. The molecule has 0 aliphatic carbocycles. The van der Waals surface area contributed by atoms with Crippen molar-refractivity contribution < 1.29 is 14.3 Å². The number of ether oxygens (including phenoxy) is 1.